The Bertz CT molecular complexity index is 492. The lowest BCUT2D eigenvalue weighted by Gasteiger charge is -2.20. The van der Waals surface area contributed by atoms with Gasteiger partial charge in [-0.1, -0.05) is 23.2 Å². The van der Waals surface area contributed by atoms with Crippen LogP contribution in [0, 0.1) is 0 Å². The number of hydrogen-bond acceptors (Lipinski definition) is 2. The summed E-state index contributed by atoms with van der Waals surface area (Å²) >= 11 is 11.5. The molecule has 0 aromatic heterocycles. The Balaban J connectivity index is 3.18. The molecule has 0 saturated carbocycles. The molecule has 0 aliphatic heterocycles. The van der Waals surface area contributed by atoms with E-state index in [4.69, 9.17) is 23.2 Å². The van der Waals surface area contributed by atoms with Gasteiger partial charge in [-0.15, -0.1) is 0 Å². The Morgan fingerprint density at radius 3 is 2.19 bits per heavy atom. The SMILES string of the molecule is CC(C)(C)NS(=O)(=O)c1ccc(Cl)cc1Cl. The van der Waals surface area contributed by atoms with Gasteiger partial charge in [-0.2, -0.15) is 0 Å². The summed E-state index contributed by atoms with van der Waals surface area (Å²) < 4.78 is 26.4. The largest absolute Gasteiger partial charge is 0.242 e. The fraction of sp³-hybridized carbons (Fsp3) is 0.400. The van der Waals surface area contributed by atoms with Crippen molar-refractivity contribution in [3.8, 4) is 0 Å². The molecule has 0 spiro atoms. The molecule has 1 aromatic rings. The van der Waals surface area contributed by atoms with Gasteiger partial charge >= 0.3 is 0 Å². The Morgan fingerprint density at radius 1 is 1.19 bits per heavy atom. The molecule has 0 amide bonds. The van der Waals surface area contributed by atoms with Gasteiger partial charge in [0.05, 0.1) is 5.02 Å². The summed E-state index contributed by atoms with van der Waals surface area (Å²) in [7, 11) is -3.61. The van der Waals surface area contributed by atoms with Gasteiger partial charge in [-0.05, 0) is 39.0 Å². The van der Waals surface area contributed by atoms with Crippen molar-refractivity contribution in [1.82, 2.24) is 4.72 Å². The molecule has 1 N–H and O–H groups in total. The second-order valence-electron chi connectivity index (χ2n) is 4.43. The van der Waals surface area contributed by atoms with Crippen LogP contribution in [0.5, 0.6) is 0 Å². The predicted octanol–water partition coefficient (Wildman–Crippen LogP) is 3.07. The van der Waals surface area contributed by atoms with E-state index in [9.17, 15) is 8.42 Å². The van der Waals surface area contributed by atoms with Crippen LogP contribution < -0.4 is 4.72 Å². The molecule has 0 saturated heterocycles. The summed E-state index contributed by atoms with van der Waals surface area (Å²) in [5.74, 6) is 0. The van der Waals surface area contributed by atoms with E-state index >= 15 is 0 Å². The van der Waals surface area contributed by atoms with Gasteiger partial charge in [0.1, 0.15) is 4.90 Å². The molecule has 0 unspecified atom stereocenters. The van der Waals surface area contributed by atoms with E-state index in [1.54, 1.807) is 20.8 Å². The summed E-state index contributed by atoms with van der Waals surface area (Å²) in [5.41, 5.74) is -0.554. The fourth-order valence-electron chi connectivity index (χ4n) is 1.15. The average molecular weight is 282 g/mol. The van der Waals surface area contributed by atoms with Crippen LogP contribution in [-0.4, -0.2) is 14.0 Å². The molecule has 0 heterocycles. The highest BCUT2D eigenvalue weighted by Gasteiger charge is 2.24. The smallest absolute Gasteiger partial charge is 0.207 e. The zero-order chi connectivity index (χ0) is 12.6. The number of halogens is 2. The number of benzene rings is 1. The summed E-state index contributed by atoms with van der Waals surface area (Å²) in [4.78, 5) is 0.0356. The summed E-state index contributed by atoms with van der Waals surface area (Å²) in [5, 5.41) is 0.518. The summed E-state index contributed by atoms with van der Waals surface area (Å²) in [6.45, 7) is 5.27. The molecule has 0 bridgehead atoms. The summed E-state index contributed by atoms with van der Waals surface area (Å²) in [6.07, 6.45) is 0. The van der Waals surface area contributed by atoms with Crippen LogP contribution in [0.15, 0.2) is 23.1 Å². The first kappa shape index (κ1) is 13.8. The maximum atomic E-state index is 11.9. The van der Waals surface area contributed by atoms with Crippen molar-refractivity contribution in [3.63, 3.8) is 0 Å². The highest BCUT2D eigenvalue weighted by molar-refractivity contribution is 7.89. The minimum Gasteiger partial charge on any atom is -0.207 e. The van der Waals surface area contributed by atoms with Crippen molar-refractivity contribution in [2.75, 3.05) is 0 Å². The topological polar surface area (TPSA) is 46.2 Å². The molecule has 90 valence electrons. The van der Waals surface area contributed by atoms with Crippen LogP contribution in [0.4, 0.5) is 0 Å². The second-order valence-corrected chi connectivity index (χ2v) is 6.92. The van der Waals surface area contributed by atoms with Crippen LogP contribution in [0.2, 0.25) is 10.0 Å². The zero-order valence-electron chi connectivity index (χ0n) is 9.21. The minimum absolute atomic E-state index is 0.0356. The first-order chi connectivity index (χ1) is 7.12. The van der Waals surface area contributed by atoms with E-state index in [1.165, 1.54) is 18.2 Å². The van der Waals surface area contributed by atoms with E-state index in [0.717, 1.165) is 0 Å². The van der Waals surface area contributed by atoms with E-state index in [1.807, 2.05) is 0 Å². The van der Waals surface area contributed by atoms with Crippen LogP contribution in [0.1, 0.15) is 20.8 Å². The van der Waals surface area contributed by atoms with Gasteiger partial charge in [0.2, 0.25) is 10.0 Å². The lowest BCUT2D eigenvalue weighted by atomic mass is 10.1. The van der Waals surface area contributed by atoms with E-state index < -0.39 is 15.6 Å². The fourth-order valence-corrected chi connectivity index (χ4v) is 3.34. The Morgan fingerprint density at radius 2 is 1.75 bits per heavy atom. The van der Waals surface area contributed by atoms with E-state index in [-0.39, 0.29) is 9.92 Å². The maximum Gasteiger partial charge on any atom is 0.242 e. The molecule has 3 nitrogen and oxygen atoms in total. The highest BCUT2D eigenvalue weighted by Crippen LogP contribution is 2.25. The van der Waals surface area contributed by atoms with Crippen molar-refractivity contribution < 1.29 is 8.42 Å². The zero-order valence-corrected chi connectivity index (χ0v) is 11.5. The number of nitrogens with one attached hydrogen (secondary N) is 1. The number of sulfonamides is 1. The Kier molecular flexibility index (Phi) is 3.90. The van der Waals surface area contributed by atoms with Gasteiger partial charge in [-0.25, -0.2) is 13.1 Å². The quantitative estimate of drug-likeness (QED) is 0.906. The predicted molar refractivity (Wildman–Crippen MR) is 66.5 cm³/mol. The molecule has 16 heavy (non-hydrogen) atoms. The van der Waals surface area contributed by atoms with Gasteiger partial charge in [0.25, 0.3) is 0 Å². The third kappa shape index (κ3) is 3.63. The number of rotatable bonds is 2. The third-order valence-electron chi connectivity index (χ3n) is 1.62. The van der Waals surface area contributed by atoms with Gasteiger partial charge in [0.15, 0.2) is 0 Å². The van der Waals surface area contributed by atoms with Crippen molar-refractivity contribution in [2.24, 2.45) is 0 Å². The van der Waals surface area contributed by atoms with Gasteiger partial charge in [-0.3, -0.25) is 0 Å². The number of hydrogen-bond donors (Lipinski definition) is 1. The van der Waals surface area contributed by atoms with Crippen LogP contribution in [0.25, 0.3) is 0 Å². The first-order valence-corrected chi connectivity index (χ1v) is 6.85. The van der Waals surface area contributed by atoms with Crippen LogP contribution in [-0.2, 0) is 10.0 Å². The molecule has 0 aliphatic rings. The first-order valence-electron chi connectivity index (χ1n) is 4.61. The second kappa shape index (κ2) is 4.53. The van der Waals surface area contributed by atoms with Crippen LogP contribution in [0.3, 0.4) is 0 Å². The van der Waals surface area contributed by atoms with E-state index in [0.29, 0.717) is 5.02 Å². The Hall–Kier alpha value is -0.290. The van der Waals surface area contributed by atoms with Crippen molar-refractivity contribution in [3.05, 3.63) is 28.2 Å². The molecular formula is C10H13Cl2NO2S. The third-order valence-corrected chi connectivity index (χ3v) is 4.10. The molecular weight excluding hydrogens is 269 g/mol. The molecule has 0 fully saturated rings. The highest BCUT2D eigenvalue weighted by atomic mass is 35.5. The Labute approximate surface area is 106 Å². The maximum absolute atomic E-state index is 11.9. The lowest BCUT2D eigenvalue weighted by Crippen LogP contribution is -2.40. The van der Waals surface area contributed by atoms with Crippen molar-refractivity contribution in [2.45, 2.75) is 31.2 Å². The molecule has 6 heteroatoms. The van der Waals surface area contributed by atoms with Crippen molar-refractivity contribution in [1.29, 1.82) is 0 Å². The minimum atomic E-state index is -3.61. The molecule has 0 atom stereocenters. The monoisotopic (exact) mass is 281 g/mol. The summed E-state index contributed by atoms with van der Waals surface area (Å²) in [6, 6.07) is 4.28. The molecule has 1 rings (SSSR count). The average Bonchev–Trinajstić information content (AvgIpc) is 1.97. The molecule has 1 aromatic carbocycles. The van der Waals surface area contributed by atoms with Crippen molar-refractivity contribution >= 4 is 33.2 Å². The normalized spacial score (nSPS) is 12.8. The molecule has 0 radical (unpaired) electrons. The van der Waals surface area contributed by atoms with Crippen LogP contribution >= 0.6 is 23.2 Å². The molecule has 0 aliphatic carbocycles. The van der Waals surface area contributed by atoms with E-state index in [2.05, 4.69) is 4.72 Å². The van der Waals surface area contributed by atoms with Gasteiger partial charge in [0, 0.05) is 10.6 Å². The lowest BCUT2D eigenvalue weighted by molar-refractivity contribution is 0.491. The standard InChI is InChI=1S/C10H13Cl2NO2S/c1-10(2,3)13-16(14,15)9-5-4-7(11)6-8(9)12/h4-6,13H,1-3H3. The van der Waals surface area contributed by atoms with Gasteiger partial charge < -0.3 is 0 Å².